The Morgan fingerprint density at radius 1 is 0.452 bits per heavy atom. The van der Waals surface area contributed by atoms with Crippen molar-refractivity contribution in [2.75, 3.05) is 0 Å². The van der Waals surface area contributed by atoms with Crippen LogP contribution in [0, 0.1) is 0 Å². The van der Waals surface area contributed by atoms with E-state index >= 15 is 0 Å². The van der Waals surface area contributed by atoms with Crippen LogP contribution in [0.5, 0.6) is 57.5 Å². The minimum absolute atomic E-state index is 0.143. The molecule has 0 saturated carbocycles. The SMILES string of the molecule is Oc1cc(O)c2c(c1)O[C@@H](c1ccc(O)c(O)c1)[C@@H](O)C2.Oc1cc(O)c2c(c1)O[C@@H](c1ccc(O)c(O)c1)[C@H](O)C2. The summed E-state index contributed by atoms with van der Waals surface area (Å²) >= 11 is 0. The molecule has 4 aromatic rings. The van der Waals surface area contributed by atoms with Crippen molar-refractivity contribution in [3.05, 3.63) is 82.9 Å². The van der Waals surface area contributed by atoms with E-state index in [4.69, 9.17) is 9.47 Å². The maximum Gasteiger partial charge on any atom is 0.157 e. The molecule has 2 aliphatic rings. The Bertz CT molecular complexity index is 1510. The summed E-state index contributed by atoms with van der Waals surface area (Å²) in [5.41, 5.74) is 1.79. The van der Waals surface area contributed by atoms with E-state index in [2.05, 4.69) is 0 Å². The predicted octanol–water partition coefficient (Wildman–Crippen LogP) is 3.09. The van der Waals surface area contributed by atoms with E-state index in [0.29, 0.717) is 22.3 Å². The highest BCUT2D eigenvalue weighted by atomic mass is 16.5. The van der Waals surface area contributed by atoms with Crippen molar-refractivity contribution in [1.29, 1.82) is 0 Å². The second-order valence-corrected chi connectivity index (χ2v) is 10.00. The van der Waals surface area contributed by atoms with Gasteiger partial charge in [0.15, 0.2) is 23.0 Å². The van der Waals surface area contributed by atoms with E-state index in [1.165, 1.54) is 60.7 Å². The van der Waals surface area contributed by atoms with Crippen molar-refractivity contribution in [3.8, 4) is 57.5 Å². The van der Waals surface area contributed by atoms with E-state index in [9.17, 15) is 51.1 Å². The normalized spacial score (nSPS) is 20.6. The van der Waals surface area contributed by atoms with Crippen LogP contribution in [0.4, 0.5) is 0 Å². The van der Waals surface area contributed by atoms with Crippen LogP contribution in [0.2, 0.25) is 0 Å². The van der Waals surface area contributed by atoms with Crippen molar-refractivity contribution in [2.45, 2.75) is 37.3 Å². The number of aromatic hydroxyl groups is 8. The molecule has 12 heteroatoms. The molecule has 10 N–H and O–H groups in total. The third kappa shape index (κ3) is 5.53. The zero-order valence-corrected chi connectivity index (χ0v) is 21.8. The summed E-state index contributed by atoms with van der Waals surface area (Å²) in [6.07, 6.45) is -3.12. The molecule has 4 atom stereocenters. The van der Waals surface area contributed by atoms with Gasteiger partial charge in [-0.25, -0.2) is 0 Å². The molecule has 0 bridgehead atoms. The van der Waals surface area contributed by atoms with Gasteiger partial charge in [-0.15, -0.1) is 0 Å². The second-order valence-electron chi connectivity index (χ2n) is 10.00. The number of hydrogen-bond donors (Lipinski definition) is 10. The zero-order chi connectivity index (χ0) is 30.3. The molecule has 2 aliphatic heterocycles. The minimum Gasteiger partial charge on any atom is -0.508 e. The Morgan fingerprint density at radius 2 is 0.833 bits per heavy atom. The molecular weight excluding hydrogens is 552 g/mol. The summed E-state index contributed by atoms with van der Waals surface area (Å²) < 4.78 is 11.2. The summed E-state index contributed by atoms with van der Waals surface area (Å²) in [5.74, 6) is -1.18. The second kappa shape index (κ2) is 11.0. The quantitative estimate of drug-likeness (QED) is 0.155. The standard InChI is InChI=1S/2C15H14O6/c2*16-8-4-11(18)9-6-13(20)15(21-14(9)5-8)7-1-2-10(17)12(19)3-7/h2*1-5,13,15-20H,6H2/t13-,15+;13-,15-/m10/s1. The number of benzene rings is 4. The Hall–Kier alpha value is -5.20. The van der Waals surface area contributed by atoms with Crippen molar-refractivity contribution in [2.24, 2.45) is 0 Å². The average Bonchev–Trinajstić information content (AvgIpc) is 2.92. The van der Waals surface area contributed by atoms with Gasteiger partial charge in [0.2, 0.25) is 0 Å². The van der Waals surface area contributed by atoms with Gasteiger partial charge < -0.3 is 60.5 Å². The summed E-state index contributed by atoms with van der Waals surface area (Å²) in [5, 5.41) is 96.6. The number of rotatable bonds is 2. The van der Waals surface area contributed by atoms with Crippen LogP contribution in [0.15, 0.2) is 60.7 Å². The molecule has 0 unspecified atom stereocenters. The molecule has 220 valence electrons. The third-order valence-corrected chi connectivity index (χ3v) is 7.03. The van der Waals surface area contributed by atoms with Gasteiger partial charge in [-0.3, -0.25) is 0 Å². The first-order valence-electron chi connectivity index (χ1n) is 12.7. The van der Waals surface area contributed by atoms with E-state index in [-0.39, 0.29) is 70.3 Å². The highest BCUT2D eigenvalue weighted by molar-refractivity contribution is 5.53. The van der Waals surface area contributed by atoms with Gasteiger partial charge in [-0.1, -0.05) is 12.1 Å². The molecule has 42 heavy (non-hydrogen) atoms. The van der Waals surface area contributed by atoms with Crippen molar-refractivity contribution in [3.63, 3.8) is 0 Å². The first-order valence-corrected chi connectivity index (χ1v) is 12.7. The fraction of sp³-hybridized carbons (Fsp3) is 0.200. The summed E-state index contributed by atoms with van der Waals surface area (Å²) in [6, 6.07) is 13.3. The number of phenolic OH excluding ortho intramolecular Hbond substituents is 8. The molecule has 4 aromatic carbocycles. The minimum atomic E-state index is -0.933. The fourth-order valence-corrected chi connectivity index (χ4v) is 4.93. The third-order valence-electron chi connectivity index (χ3n) is 7.03. The van der Waals surface area contributed by atoms with E-state index < -0.39 is 24.4 Å². The van der Waals surface area contributed by atoms with Gasteiger partial charge in [0, 0.05) is 48.2 Å². The highest BCUT2D eigenvalue weighted by Gasteiger charge is 2.33. The van der Waals surface area contributed by atoms with Crippen LogP contribution in [0.1, 0.15) is 34.5 Å². The van der Waals surface area contributed by atoms with Crippen LogP contribution < -0.4 is 9.47 Å². The zero-order valence-electron chi connectivity index (χ0n) is 21.8. The van der Waals surface area contributed by atoms with Crippen LogP contribution in [-0.4, -0.2) is 63.3 Å². The van der Waals surface area contributed by atoms with Crippen molar-refractivity contribution < 1.29 is 60.5 Å². The Balaban J connectivity index is 0.000000168. The Labute approximate surface area is 238 Å². The lowest BCUT2D eigenvalue weighted by molar-refractivity contribution is 0.0196. The fourth-order valence-electron chi connectivity index (χ4n) is 4.93. The smallest absolute Gasteiger partial charge is 0.157 e. The van der Waals surface area contributed by atoms with Gasteiger partial charge in [0.1, 0.15) is 46.7 Å². The molecule has 0 radical (unpaired) electrons. The van der Waals surface area contributed by atoms with Gasteiger partial charge in [0.05, 0.1) is 12.2 Å². The Morgan fingerprint density at radius 3 is 1.19 bits per heavy atom. The number of ether oxygens (including phenoxy) is 2. The summed E-state index contributed by atoms with van der Waals surface area (Å²) in [7, 11) is 0. The maximum atomic E-state index is 10.2. The molecule has 6 rings (SSSR count). The number of aliphatic hydroxyl groups is 2. The van der Waals surface area contributed by atoms with Gasteiger partial charge in [-0.05, 0) is 35.4 Å². The number of aliphatic hydroxyl groups excluding tert-OH is 2. The lowest BCUT2D eigenvalue weighted by Crippen LogP contribution is -2.30. The van der Waals surface area contributed by atoms with Gasteiger partial charge in [0.25, 0.3) is 0 Å². The largest absolute Gasteiger partial charge is 0.508 e. The molecule has 0 saturated heterocycles. The molecule has 0 aliphatic carbocycles. The van der Waals surface area contributed by atoms with E-state index in [0.717, 1.165) is 0 Å². The number of fused-ring (bicyclic) bond motifs is 2. The predicted molar refractivity (Wildman–Crippen MR) is 145 cm³/mol. The maximum absolute atomic E-state index is 10.2. The number of hydrogen-bond acceptors (Lipinski definition) is 12. The highest BCUT2D eigenvalue weighted by Crippen LogP contribution is 2.44. The summed E-state index contributed by atoms with van der Waals surface area (Å²) in [4.78, 5) is 0. The van der Waals surface area contributed by atoms with Crippen molar-refractivity contribution in [1.82, 2.24) is 0 Å². The first-order chi connectivity index (χ1) is 19.9. The molecule has 2 heterocycles. The van der Waals surface area contributed by atoms with E-state index in [1.807, 2.05) is 0 Å². The summed E-state index contributed by atoms with van der Waals surface area (Å²) in [6.45, 7) is 0. The lowest BCUT2D eigenvalue weighted by atomic mass is 9.94. The van der Waals surface area contributed by atoms with Gasteiger partial charge in [-0.2, -0.15) is 0 Å². The average molecular weight is 581 g/mol. The van der Waals surface area contributed by atoms with Crippen LogP contribution in [0.3, 0.4) is 0 Å². The van der Waals surface area contributed by atoms with Crippen molar-refractivity contribution >= 4 is 0 Å². The monoisotopic (exact) mass is 580 g/mol. The van der Waals surface area contributed by atoms with Gasteiger partial charge >= 0.3 is 0 Å². The Kier molecular flexibility index (Phi) is 7.42. The number of phenols is 8. The molecule has 12 nitrogen and oxygen atoms in total. The molecule has 0 fully saturated rings. The van der Waals surface area contributed by atoms with Crippen LogP contribution in [0.25, 0.3) is 0 Å². The van der Waals surface area contributed by atoms with E-state index in [1.54, 1.807) is 0 Å². The molecule has 0 spiro atoms. The van der Waals surface area contributed by atoms with Crippen LogP contribution >= 0.6 is 0 Å². The molecule has 0 aromatic heterocycles. The molecular formula is C30H28O12. The van der Waals surface area contributed by atoms with Crippen LogP contribution in [-0.2, 0) is 12.8 Å². The first kappa shape index (κ1) is 28.3. The topological polar surface area (TPSA) is 221 Å². The molecule has 0 amide bonds. The lowest BCUT2D eigenvalue weighted by Gasteiger charge is -2.31.